The number of ether oxygens (including phenoxy) is 1. The molecule has 3 rings (SSSR count). The number of hydrogen-bond donors (Lipinski definition) is 1. The maximum absolute atomic E-state index is 13.0. The Bertz CT molecular complexity index is 710. The number of Topliss-reactive ketones (excluding diaryl/α,β-unsaturated/α-hetero) is 1. The molecule has 2 heterocycles. The quantitative estimate of drug-likeness (QED) is 0.266. The topological polar surface area (TPSA) is 88.6 Å². The van der Waals surface area contributed by atoms with Gasteiger partial charge < -0.3 is 9.15 Å². The molecule has 2 aliphatic rings. The minimum absolute atomic E-state index is 0.0423. The molecule has 0 aromatic carbocycles. The van der Waals surface area contributed by atoms with Crippen LogP contribution < -0.4 is 10.00 Å². The van der Waals surface area contributed by atoms with Crippen molar-refractivity contribution in [1.29, 1.82) is 0 Å². The summed E-state index contributed by atoms with van der Waals surface area (Å²) in [6.45, 7) is 8.42. The van der Waals surface area contributed by atoms with Crippen LogP contribution in [0.5, 0.6) is 0 Å². The molecule has 0 unspecified atom stereocenters. The van der Waals surface area contributed by atoms with Crippen LogP contribution in [0.3, 0.4) is 0 Å². The molecule has 174 valence electrons. The molecule has 8 nitrogen and oxygen atoms in total. The predicted molar refractivity (Wildman–Crippen MR) is 119 cm³/mol. The zero-order chi connectivity index (χ0) is 22.1. The Hall–Kier alpha value is -1.45. The predicted octanol–water partition coefficient (Wildman–Crippen LogP) is 3.29. The van der Waals surface area contributed by atoms with Gasteiger partial charge in [-0.1, -0.05) is 38.5 Å². The normalized spacial score (nSPS) is 18.8. The van der Waals surface area contributed by atoms with Gasteiger partial charge in [0.25, 0.3) is 5.22 Å². The average molecular weight is 454 g/mol. The Labute approximate surface area is 189 Å². The summed E-state index contributed by atoms with van der Waals surface area (Å²) in [6.07, 6.45) is 7.72. The summed E-state index contributed by atoms with van der Waals surface area (Å²) < 4.78 is 12.3. The SMILES string of the molecule is CC(C)CCC(=O)c1oc(SCCN2CCOCC2)n[n+]1C(=O)NC1CCCCCC1. The number of carbonyl (C=O) groups excluding carboxylic acids is 2. The van der Waals surface area contributed by atoms with Crippen molar-refractivity contribution in [1.82, 2.24) is 15.3 Å². The molecule has 9 heteroatoms. The van der Waals surface area contributed by atoms with Crippen LogP contribution in [-0.4, -0.2) is 66.5 Å². The highest BCUT2D eigenvalue weighted by Crippen LogP contribution is 2.19. The lowest BCUT2D eigenvalue weighted by Gasteiger charge is -2.25. The van der Waals surface area contributed by atoms with Crippen molar-refractivity contribution in [3.8, 4) is 0 Å². The summed E-state index contributed by atoms with van der Waals surface area (Å²) in [5.41, 5.74) is 0. The van der Waals surface area contributed by atoms with Crippen LogP contribution in [0.1, 0.15) is 75.9 Å². The highest BCUT2D eigenvalue weighted by Gasteiger charge is 2.33. The minimum Gasteiger partial charge on any atom is -0.390 e. The number of amides is 1. The summed E-state index contributed by atoms with van der Waals surface area (Å²) >= 11 is 1.44. The number of ketones is 1. The van der Waals surface area contributed by atoms with Crippen molar-refractivity contribution >= 4 is 23.6 Å². The summed E-state index contributed by atoms with van der Waals surface area (Å²) in [7, 11) is 0. The van der Waals surface area contributed by atoms with Gasteiger partial charge in [0.05, 0.1) is 19.3 Å². The highest BCUT2D eigenvalue weighted by molar-refractivity contribution is 7.99. The Morgan fingerprint density at radius 1 is 1.19 bits per heavy atom. The second-order valence-corrected chi connectivity index (χ2v) is 9.93. The molecule has 1 saturated carbocycles. The fourth-order valence-electron chi connectivity index (χ4n) is 3.92. The number of carbonyl (C=O) groups is 2. The van der Waals surface area contributed by atoms with Gasteiger partial charge in [0, 0.05) is 31.8 Å². The van der Waals surface area contributed by atoms with Crippen molar-refractivity contribution in [3.05, 3.63) is 5.89 Å². The Balaban J connectivity index is 1.65. The molecular weight excluding hydrogens is 416 g/mol. The first-order chi connectivity index (χ1) is 15.0. The standard InChI is InChI=1S/C22H36N4O4S/c1-17(2)9-10-19(27)20-26(21(28)23-18-7-5-3-4-6-8-18)24-22(30-20)31-16-13-25-11-14-29-15-12-25/h17-18H,3-16H2,1-2H3/p+1. The van der Waals surface area contributed by atoms with Crippen LogP contribution in [0.25, 0.3) is 0 Å². The summed E-state index contributed by atoms with van der Waals surface area (Å²) in [4.78, 5) is 28.1. The van der Waals surface area contributed by atoms with E-state index in [0.717, 1.165) is 75.4 Å². The van der Waals surface area contributed by atoms with E-state index in [9.17, 15) is 9.59 Å². The summed E-state index contributed by atoms with van der Waals surface area (Å²) in [6, 6.07) is -0.223. The van der Waals surface area contributed by atoms with Gasteiger partial charge in [-0.3, -0.25) is 9.69 Å². The van der Waals surface area contributed by atoms with Crippen LogP contribution in [0.15, 0.2) is 9.64 Å². The minimum atomic E-state index is -0.358. The second-order valence-electron chi connectivity index (χ2n) is 8.88. The van der Waals surface area contributed by atoms with E-state index in [4.69, 9.17) is 9.15 Å². The fourth-order valence-corrected chi connectivity index (χ4v) is 4.72. The largest absolute Gasteiger partial charge is 0.520 e. The van der Waals surface area contributed by atoms with Gasteiger partial charge >= 0.3 is 11.9 Å². The number of hydrogen-bond acceptors (Lipinski definition) is 7. The van der Waals surface area contributed by atoms with Crippen LogP contribution >= 0.6 is 11.8 Å². The molecule has 0 radical (unpaired) electrons. The summed E-state index contributed by atoms with van der Waals surface area (Å²) in [5, 5.41) is 7.81. The molecular formula is C22H37N4O4S+. The third kappa shape index (κ3) is 7.88. The smallest absolute Gasteiger partial charge is 0.390 e. The van der Waals surface area contributed by atoms with Crippen LogP contribution in [0, 0.1) is 5.92 Å². The Kier molecular flexibility index (Phi) is 9.80. The van der Waals surface area contributed by atoms with E-state index in [0.29, 0.717) is 17.6 Å². The Morgan fingerprint density at radius 2 is 1.90 bits per heavy atom. The molecule has 1 N–H and O–H groups in total. The van der Waals surface area contributed by atoms with E-state index in [2.05, 4.69) is 29.2 Å². The molecule has 1 aliphatic carbocycles. The maximum atomic E-state index is 13.0. The lowest BCUT2D eigenvalue weighted by molar-refractivity contribution is -0.640. The number of rotatable bonds is 9. The van der Waals surface area contributed by atoms with E-state index in [1.165, 1.54) is 24.6 Å². The molecule has 0 spiro atoms. The number of nitrogens with one attached hydrogen (secondary N) is 1. The van der Waals surface area contributed by atoms with E-state index >= 15 is 0 Å². The molecule has 1 saturated heterocycles. The van der Waals surface area contributed by atoms with Gasteiger partial charge in [0.15, 0.2) is 0 Å². The first-order valence-corrected chi connectivity index (χ1v) is 12.7. The monoisotopic (exact) mass is 453 g/mol. The number of morpholine rings is 1. The molecule has 0 bridgehead atoms. The first-order valence-electron chi connectivity index (χ1n) is 11.7. The van der Waals surface area contributed by atoms with Crippen molar-refractivity contribution in [2.75, 3.05) is 38.6 Å². The molecule has 2 fully saturated rings. The lowest BCUT2D eigenvalue weighted by atomic mass is 10.1. The molecule has 31 heavy (non-hydrogen) atoms. The number of aromatic nitrogens is 2. The van der Waals surface area contributed by atoms with Crippen LogP contribution in [0.4, 0.5) is 4.79 Å². The zero-order valence-electron chi connectivity index (χ0n) is 18.9. The third-order valence-corrected chi connectivity index (χ3v) is 6.66. The van der Waals surface area contributed by atoms with E-state index < -0.39 is 0 Å². The third-order valence-electron chi connectivity index (χ3n) is 5.86. The molecule has 1 amide bonds. The van der Waals surface area contributed by atoms with Gasteiger partial charge in [0.1, 0.15) is 0 Å². The van der Waals surface area contributed by atoms with Gasteiger partial charge in [-0.15, -0.1) is 0 Å². The second kappa shape index (κ2) is 12.6. The molecule has 1 aromatic rings. The molecule has 1 aromatic heterocycles. The Morgan fingerprint density at radius 3 is 2.58 bits per heavy atom. The van der Waals surface area contributed by atoms with Crippen molar-refractivity contribution in [2.45, 2.75) is 76.5 Å². The highest BCUT2D eigenvalue weighted by atomic mass is 32.2. The fraction of sp³-hybridized carbons (Fsp3) is 0.818. The van der Waals surface area contributed by atoms with Gasteiger partial charge in [-0.25, -0.2) is 5.32 Å². The maximum Gasteiger partial charge on any atom is 0.520 e. The van der Waals surface area contributed by atoms with Crippen molar-refractivity contribution in [2.24, 2.45) is 5.92 Å². The summed E-state index contributed by atoms with van der Waals surface area (Å²) in [5.74, 6) is 1.06. The van der Waals surface area contributed by atoms with Crippen LogP contribution in [0.2, 0.25) is 0 Å². The van der Waals surface area contributed by atoms with Gasteiger partial charge in [-0.2, -0.15) is 4.79 Å². The van der Waals surface area contributed by atoms with Gasteiger partial charge in [-0.05, 0) is 47.8 Å². The number of nitrogens with zero attached hydrogens (tertiary/aromatic N) is 3. The lowest BCUT2D eigenvalue weighted by Crippen LogP contribution is -2.57. The molecule has 1 aliphatic heterocycles. The zero-order valence-corrected chi connectivity index (χ0v) is 19.8. The number of thioether (sulfide) groups is 1. The van der Waals surface area contributed by atoms with Crippen molar-refractivity contribution < 1.29 is 23.4 Å². The first kappa shape index (κ1) is 24.2. The van der Waals surface area contributed by atoms with E-state index in [1.807, 2.05) is 0 Å². The van der Waals surface area contributed by atoms with E-state index in [1.54, 1.807) is 0 Å². The average Bonchev–Trinajstić information content (AvgIpc) is 3.02. The molecule has 0 atom stereocenters. The van der Waals surface area contributed by atoms with E-state index in [-0.39, 0.29) is 23.7 Å². The van der Waals surface area contributed by atoms with Crippen molar-refractivity contribution in [3.63, 3.8) is 0 Å². The van der Waals surface area contributed by atoms with Crippen LogP contribution in [-0.2, 0) is 4.74 Å². The van der Waals surface area contributed by atoms with Gasteiger partial charge in [0.2, 0.25) is 5.78 Å².